The van der Waals surface area contributed by atoms with E-state index in [-0.39, 0.29) is 11.8 Å². The van der Waals surface area contributed by atoms with Gasteiger partial charge in [-0.05, 0) is 97.4 Å². The second-order valence-corrected chi connectivity index (χ2v) is 13.6. The quantitative estimate of drug-likeness (QED) is 0.189. The smallest absolute Gasteiger partial charge is 0.254 e. The van der Waals surface area contributed by atoms with Crippen molar-refractivity contribution in [3.63, 3.8) is 0 Å². The average Bonchev–Trinajstić information content (AvgIpc) is 3.00. The number of likely N-dealkylation sites (N-methyl/N-ethyl adjacent to an activating group) is 1. The van der Waals surface area contributed by atoms with Crippen molar-refractivity contribution in [2.75, 3.05) is 39.5 Å². The Bertz CT molecular complexity index is 1600. The molecule has 220 valence electrons. The van der Waals surface area contributed by atoms with Crippen LogP contribution in [0, 0.1) is 6.92 Å². The third kappa shape index (κ3) is 6.92. The molecule has 1 aliphatic heterocycles. The number of nitrogens with zero attached hydrogens (tertiary/aromatic N) is 2. The van der Waals surface area contributed by atoms with Crippen molar-refractivity contribution >= 4 is 50.7 Å². The zero-order valence-electron chi connectivity index (χ0n) is 24.5. The lowest BCUT2D eigenvalue weighted by atomic mass is 9.88. The topological polar surface area (TPSA) is 40.6 Å². The fraction of sp³-hybridized carbons (Fsp3) is 0.343. The molecule has 0 saturated carbocycles. The zero-order chi connectivity index (χ0) is 29.8. The average molecular weight is 622 g/mol. The fourth-order valence-electron chi connectivity index (χ4n) is 6.28. The summed E-state index contributed by atoms with van der Waals surface area (Å²) < 4.78 is 12.3. The first-order valence-corrected chi connectivity index (χ1v) is 16.9. The first-order chi connectivity index (χ1) is 20.2. The van der Waals surface area contributed by atoms with Gasteiger partial charge in [0, 0.05) is 30.7 Å². The summed E-state index contributed by atoms with van der Waals surface area (Å²) in [5, 5.41) is 3.12. The molecule has 4 aromatic carbocycles. The Morgan fingerprint density at radius 2 is 1.69 bits per heavy atom. The van der Waals surface area contributed by atoms with E-state index in [0.29, 0.717) is 22.5 Å². The van der Waals surface area contributed by atoms with E-state index in [4.69, 9.17) is 23.2 Å². The number of hydrogen-bond acceptors (Lipinski definition) is 3. The minimum absolute atomic E-state index is 0.0298. The van der Waals surface area contributed by atoms with Crippen molar-refractivity contribution in [3.05, 3.63) is 111 Å². The molecule has 0 radical (unpaired) electrons. The van der Waals surface area contributed by atoms with Crippen LogP contribution < -0.4 is 0 Å². The van der Waals surface area contributed by atoms with Gasteiger partial charge in [0.15, 0.2) is 0 Å². The summed E-state index contributed by atoms with van der Waals surface area (Å²) in [6.45, 7) is 5.49. The van der Waals surface area contributed by atoms with Gasteiger partial charge >= 0.3 is 0 Å². The van der Waals surface area contributed by atoms with Gasteiger partial charge in [-0.1, -0.05) is 83.9 Å². The maximum Gasteiger partial charge on any atom is 0.254 e. The number of aryl methyl sites for hydroxylation is 1. The fourth-order valence-corrected chi connectivity index (χ4v) is 7.43. The zero-order valence-corrected chi connectivity index (χ0v) is 26.8. The first kappa shape index (κ1) is 30.7. The van der Waals surface area contributed by atoms with Crippen LogP contribution in [0.3, 0.4) is 0 Å². The maximum absolute atomic E-state index is 13.9. The summed E-state index contributed by atoms with van der Waals surface area (Å²) in [4.78, 5) is 19.2. The van der Waals surface area contributed by atoms with Crippen molar-refractivity contribution in [1.82, 2.24) is 9.80 Å². The summed E-state index contributed by atoms with van der Waals surface area (Å²) in [7, 11) is 0.913. The van der Waals surface area contributed by atoms with Gasteiger partial charge in [0.25, 0.3) is 5.91 Å². The van der Waals surface area contributed by atoms with Gasteiger partial charge in [-0.3, -0.25) is 9.00 Å². The highest BCUT2D eigenvalue weighted by atomic mass is 35.5. The molecule has 1 aliphatic rings. The molecule has 1 fully saturated rings. The van der Waals surface area contributed by atoms with Crippen molar-refractivity contribution in [1.29, 1.82) is 0 Å². The Balaban J connectivity index is 1.30. The Morgan fingerprint density at radius 1 is 0.976 bits per heavy atom. The highest BCUT2D eigenvalue weighted by Gasteiger charge is 2.26. The van der Waals surface area contributed by atoms with Gasteiger partial charge in [-0.15, -0.1) is 0 Å². The molecule has 2 atom stereocenters. The third-order valence-corrected chi connectivity index (χ3v) is 10.4. The van der Waals surface area contributed by atoms with Crippen LogP contribution in [0.25, 0.3) is 10.8 Å². The first-order valence-electron chi connectivity index (χ1n) is 14.6. The molecule has 7 heteroatoms. The summed E-state index contributed by atoms with van der Waals surface area (Å²) in [6, 6.07) is 26.2. The molecular formula is C35H38Cl2N2O2S. The highest BCUT2D eigenvalue weighted by molar-refractivity contribution is 7.84. The predicted octanol–water partition coefficient (Wildman–Crippen LogP) is 8.32. The lowest BCUT2D eigenvalue weighted by molar-refractivity contribution is 0.0783. The van der Waals surface area contributed by atoms with Crippen molar-refractivity contribution in [2.24, 2.45) is 0 Å². The molecule has 1 heterocycles. The number of hydrogen-bond donors (Lipinski definition) is 0. The van der Waals surface area contributed by atoms with Crippen LogP contribution in [-0.2, 0) is 10.8 Å². The minimum Gasteiger partial charge on any atom is -0.341 e. The molecule has 1 unspecified atom stereocenters. The Hall–Kier alpha value is -2.70. The van der Waals surface area contributed by atoms with E-state index < -0.39 is 10.8 Å². The second kappa shape index (κ2) is 13.7. The van der Waals surface area contributed by atoms with Crippen molar-refractivity contribution in [3.8, 4) is 0 Å². The van der Waals surface area contributed by atoms with Gasteiger partial charge < -0.3 is 9.80 Å². The number of carbonyl (C=O) groups excluding carboxylic acids is 1. The molecule has 5 rings (SSSR count). The summed E-state index contributed by atoms with van der Waals surface area (Å²) >= 11 is 12.7. The van der Waals surface area contributed by atoms with Gasteiger partial charge in [0.2, 0.25) is 0 Å². The monoisotopic (exact) mass is 620 g/mol. The number of fused-ring (bicyclic) bond motifs is 1. The molecule has 0 N–H and O–H groups in total. The van der Waals surface area contributed by atoms with E-state index in [1.54, 1.807) is 6.26 Å². The molecule has 4 aromatic rings. The number of rotatable bonds is 9. The Kier molecular flexibility index (Phi) is 10.1. The van der Waals surface area contributed by atoms with E-state index in [2.05, 4.69) is 23.1 Å². The largest absolute Gasteiger partial charge is 0.341 e. The standard InChI is InChI=1S/C35H38Cl2N2O2S/c1-24-12-13-25-8-4-5-10-30(25)34(24)35(40)38(2)23-28(27-14-15-31(36)32(37)22-27)18-21-39-19-16-26(17-20-39)29-9-6-7-11-33(29)42(3)41/h4-15,22,26,28H,16-21,23H2,1-3H3/t28-,42?/m1/s1. The molecular weight excluding hydrogens is 583 g/mol. The lowest BCUT2D eigenvalue weighted by Gasteiger charge is -2.34. The van der Waals surface area contributed by atoms with E-state index >= 15 is 0 Å². The third-order valence-electron chi connectivity index (χ3n) is 8.66. The van der Waals surface area contributed by atoms with Gasteiger partial charge in [0.05, 0.1) is 26.4 Å². The van der Waals surface area contributed by atoms with Crippen LogP contribution in [0.2, 0.25) is 10.0 Å². The summed E-state index contributed by atoms with van der Waals surface area (Å²) in [6.07, 6.45) is 4.75. The molecule has 0 spiro atoms. The summed E-state index contributed by atoms with van der Waals surface area (Å²) in [5.41, 5.74) is 4.07. The van der Waals surface area contributed by atoms with Crippen LogP contribution in [0.5, 0.6) is 0 Å². The minimum atomic E-state index is -0.985. The molecule has 1 saturated heterocycles. The number of likely N-dealkylation sites (tertiary alicyclic amines) is 1. The number of piperidine rings is 1. The van der Waals surface area contributed by atoms with E-state index in [0.717, 1.165) is 71.3 Å². The predicted molar refractivity (Wildman–Crippen MR) is 177 cm³/mol. The van der Waals surface area contributed by atoms with Gasteiger partial charge in [-0.2, -0.15) is 0 Å². The van der Waals surface area contributed by atoms with Gasteiger partial charge in [-0.25, -0.2) is 0 Å². The number of benzene rings is 4. The Labute approximate surface area is 262 Å². The van der Waals surface area contributed by atoms with E-state index in [1.165, 1.54) is 5.56 Å². The van der Waals surface area contributed by atoms with Crippen molar-refractivity contribution in [2.45, 2.75) is 42.9 Å². The van der Waals surface area contributed by atoms with Crippen molar-refractivity contribution < 1.29 is 9.00 Å². The maximum atomic E-state index is 13.9. The normalized spacial score (nSPS) is 15.9. The van der Waals surface area contributed by atoms with Crippen LogP contribution in [0.4, 0.5) is 0 Å². The SMILES string of the molecule is Cc1ccc2ccccc2c1C(=O)N(C)C[C@@H](CCN1CCC(c2ccccc2S(C)=O)CC1)c1ccc(Cl)c(Cl)c1. The molecule has 4 nitrogen and oxygen atoms in total. The summed E-state index contributed by atoms with van der Waals surface area (Å²) in [5.74, 6) is 0.562. The Morgan fingerprint density at radius 3 is 2.43 bits per heavy atom. The van der Waals surface area contributed by atoms with Crippen LogP contribution in [0.15, 0.2) is 83.8 Å². The molecule has 1 amide bonds. The molecule has 0 aromatic heterocycles. The second-order valence-electron chi connectivity index (χ2n) is 11.4. The number of amides is 1. The highest BCUT2D eigenvalue weighted by Crippen LogP contribution is 2.34. The van der Waals surface area contributed by atoms with Crippen LogP contribution >= 0.6 is 23.2 Å². The van der Waals surface area contributed by atoms with E-state index in [1.807, 2.05) is 79.5 Å². The van der Waals surface area contributed by atoms with Gasteiger partial charge in [0.1, 0.15) is 0 Å². The molecule has 0 aliphatic carbocycles. The lowest BCUT2D eigenvalue weighted by Crippen LogP contribution is -2.36. The van der Waals surface area contributed by atoms with Crippen LogP contribution in [0.1, 0.15) is 58.1 Å². The van der Waals surface area contributed by atoms with Crippen LogP contribution in [-0.4, -0.2) is 59.4 Å². The number of carbonyl (C=O) groups is 1. The molecule has 42 heavy (non-hydrogen) atoms. The molecule has 0 bridgehead atoms. The van der Waals surface area contributed by atoms with E-state index in [9.17, 15) is 9.00 Å². The number of halogens is 2.